The van der Waals surface area contributed by atoms with Crippen molar-refractivity contribution < 1.29 is 4.74 Å². The van der Waals surface area contributed by atoms with Crippen molar-refractivity contribution in [1.82, 2.24) is 5.32 Å². The Kier molecular flexibility index (Phi) is 7.34. The molecule has 3 heteroatoms. The van der Waals surface area contributed by atoms with Gasteiger partial charge in [-0.2, -0.15) is 0 Å². The first kappa shape index (κ1) is 16.7. The van der Waals surface area contributed by atoms with Gasteiger partial charge >= 0.3 is 0 Å². The summed E-state index contributed by atoms with van der Waals surface area (Å²) in [6.45, 7) is 4.04. The molecule has 2 nitrogen and oxygen atoms in total. The molecule has 1 N–H and O–H groups in total. The fourth-order valence-corrected chi connectivity index (χ4v) is 2.08. The topological polar surface area (TPSA) is 21.3 Å². The second-order valence-electron chi connectivity index (χ2n) is 4.76. The van der Waals surface area contributed by atoms with Crippen LogP contribution >= 0.6 is 17.0 Å². The third-order valence-corrected chi connectivity index (χ3v) is 3.16. The fourth-order valence-electron chi connectivity index (χ4n) is 2.08. The lowest BCUT2D eigenvalue weighted by Gasteiger charge is -2.06. The van der Waals surface area contributed by atoms with Crippen molar-refractivity contribution in [3.8, 4) is 5.75 Å². The molecule has 2 rings (SSSR count). The van der Waals surface area contributed by atoms with Gasteiger partial charge in [0.15, 0.2) is 0 Å². The van der Waals surface area contributed by atoms with E-state index in [0.29, 0.717) is 0 Å². The summed E-state index contributed by atoms with van der Waals surface area (Å²) in [6.07, 6.45) is 1.04. The Morgan fingerprint density at radius 1 is 1.00 bits per heavy atom. The number of ether oxygens (including phenoxy) is 1. The first-order valence-corrected chi connectivity index (χ1v) is 6.67. The minimum Gasteiger partial charge on any atom is -0.497 e. The Bertz CT molecular complexity index is 511. The number of aryl methyl sites for hydroxylation is 1. The van der Waals surface area contributed by atoms with E-state index in [9.17, 15) is 0 Å². The van der Waals surface area contributed by atoms with Crippen molar-refractivity contribution in [3.63, 3.8) is 0 Å². The molecule has 0 bridgehead atoms. The van der Waals surface area contributed by atoms with E-state index in [1.165, 1.54) is 16.7 Å². The molecule has 0 unspecified atom stereocenters. The van der Waals surface area contributed by atoms with Gasteiger partial charge in [0, 0.05) is 6.54 Å². The standard InChI is InChI=1S/C17H21NO.BrH/c1-14-4-3-5-16(12-14)13-18-11-10-15-6-8-17(19-2)9-7-15;/h3-9,12,18H,10-11,13H2,1-2H3;1H. The number of methoxy groups -OCH3 is 1. The van der Waals surface area contributed by atoms with Crippen LogP contribution in [0.2, 0.25) is 0 Å². The molecule has 2 aromatic carbocycles. The minimum atomic E-state index is 0. The number of hydrogen-bond acceptors (Lipinski definition) is 2. The van der Waals surface area contributed by atoms with Gasteiger partial charge < -0.3 is 10.1 Å². The third-order valence-electron chi connectivity index (χ3n) is 3.16. The Labute approximate surface area is 131 Å². The van der Waals surface area contributed by atoms with Crippen LogP contribution in [0.4, 0.5) is 0 Å². The smallest absolute Gasteiger partial charge is 0.118 e. The summed E-state index contributed by atoms with van der Waals surface area (Å²) in [4.78, 5) is 0. The first-order chi connectivity index (χ1) is 9.28. The van der Waals surface area contributed by atoms with E-state index in [1.807, 2.05) is 12.1 Å². The van der Waals surface area contributed by atoms with Crippen LogP contribution in [0.25, 0.3) is 0 Å². The molecule has 0 aromatic heterocycles. The van der Waals surface area contributed by atoms with Crippen LogP contribution < -0.4 is 10.1 Å². The second kappa shape index (κ2) is 8.77. The van der Waals surface area contributed by atoms with Crippen LogP contribution in [0.3, 0.4) is 0 Å². The summed E-state index contributed by atoms with van der Waals surface area (Å²) in [7, 11) is 1.69. The predicted molar refractivity (Wildman–Crippen MR) is 89.9 cm³/mol. The van der Waals surface area contributed by atoms with Crippen molar-refractivity contribution >= 4 is 17.0 Å². The molecule has 0 radical (unpaired) electrons. The molecule has 0 aliphatic heterocycles. The number of halogens is 1. The quantitative estimate of drug-likeness (QED) is 0.808. The molecule has 0 heterocycles. The van der Waals surface area contributed by atoms with Gasteiger partial charge in [-0.05, 0) is 43.1 Å². The van der Waals surface area contributed by atoms with E-state index >= 15 is 0 Å². The number of rotatable bonds is 6. The van der Waals surface area contributed by atoms with Crippen molar-refractivity contribution in [2.75, 3.05) is 13.7 Å². The molecule has 0 amide bonds. The normalized spacial score (nSPS) is 9.90. The average molecular weight is 336 g/mol. The van der Waals surface area contributed by atoms with Gasteiger partial charge in [-0.3, -0.25) is 0 Å². The van der Waals surface area contributed by atoms with Crippen LogP contribution in [0.15, 0.2) is 48.5 Å². The summed E-state index contributed by atoms with van der Waals surface area (Å²) in [5, 5.41) is 3.47. The number of hydrogen-bond donors (Lipinski definition) is 1. The summed E-state index contributed by atoms with van der Waals surface area (Å²) in [6, 6.07) is 16.9. The maximum absolute atomic E-state index is 5.15. The van der Waals surface area contributed by atoms with Crippen molar-refractivity contribution in [3.05, 3.63) is 65.2 Å². The molecular formula is C17H22BrNO. The molecule has 0 aliphatic rings. The Balaban J connectivity index is 0.00000200. The lowest BCUT2D eigenvalue weighted by molar-refractivity contribution is 0.414. The van der Waals surface area contributed by atoms with E-state index in [2.05, 4.69) is 48.6 Å². The van der Waals surface area contributed by atoms with Crippen LogP contribution in [-0.2, 0) is 13.0 Å². The Hall–Kier alpha value is -1.32. The van der Waals surface area contributed by atoms with Gasteiger partial charge in [0.05, 0.1) is 7.11 Å². The van der Waals surface area contributed by atoms with Crippen molar-refractivity contribution in [2.45, 2.75) is 19.9 Å². The number of benzene rings is 2. The highest BCUT2D eigenvalue weighted by Gasteiger charge is 1.96. The van der Waals surface area contributed by atoms with Gasteiger partial charge in [-0.25, -0.2) is 0 Å². The molecule has 0 aliphatic carbocycles. The lowest BCUT2D eigenvalue weighted by atomic mass is 10.1. The number of nitrogens with one attached hydrogen (secondary N) is 1. The Morgan fingerprint density at radius 2 is 1.75 bits per heavy atom. The van der Waals surface area contributed by atoms with E-state index in [0.717, 1.165) is 25.3 Å². The molecule has 108 valence electrons. The molecule has 2 aromatic rings. The molecule has 0 fully saturated rings. The second-order valence-corrected chi connectivity index (χ2v) is 4.76. The predicted octanol–water partition coefficient (Wildman–Crippen LogP) is 3.91. The summed E-state index contributed by atoms with van der Waals surface area (Å²) in [5.41, 5.74) is 3.99. The summed E-state index contributed by atoms with van der Waals surface area (Å²) in [5.74, 6) is 0.913. The van der Waals surface area contributed by atoms with E-state index < -0.39 is 0 Å². The fraction of sp³-hybridized carbons (Fsp3) is 0.294. The molecule has 0 spiro atoms. The van der Waals surface area contributed by atoms with Gasteiger partial charge in [0.25, 0.3) is 0 Å². The highest BCUT2D eigenvalue weighted by Crippen LogP contribution is 2.11. The molecular weight excluding hydrogens is 314 g/mol. The molecule has 0 saturated carbocycles. The highest BCUT2D eigenvalue weighted by molar-refractivity contribution is 8.93. The zero-order chi connectivity index (χ0) is 13.5. The van der Waals surface area contributed by atoms with Gasteiger partial charge in [0.1, 0.15) is 5.75 Å². The van der Waals surface area contributed by atoms with Crippen LogP contribution in [0.5, 0.6) is 5.75 Å². The molecule has 0 atom stereocenters. The first-order valence-electron chi connectivity index (χ1n) is 6.67. The maximum atomic E-state index is 5.15. The SMILES string of the molecule is Br.COc1ccc(CCNCc2cccc(C)c2)cc1. The molecule has 0 saturated heterocycles. The van der Waals surface area contributed by atoms with E-state index in [4.69, 9.17) is 4.74 Å². The van der Waals surface area contributed by atoms with E-state index in [1.54, 1.807) is 7.11 Å². The summed E-state index contributed by atoms with van der Waals surface area (Å²) >= 11 is 0. The zero-order valence-electron chi connectivity index (χ0n) is 12.1. The highest BCUT2D eigenvalue weighted by atomic mass is 79.9. The van der Waals surface area contributed by atoms with E-state index in [-0.39, 0.29) is 17.0 Å². The van der Waals surface area contributed by atoms with Crippen LogP contribution in [-0.4, -0.2) is 13.7 Å². The monoisotopic (exact) mass is 335 g/mol. The molecule has 20 heavy (non-hydrogen) atoms. The Morgan fingerprint density at radius 3 is 2.40 bits per heavy atom. The average Bonchev–Trinajstić information content (AvgIpc) is 2.44. The zero-order valence-corrected chi connectivity index (χ0v) is 13.8. The van der Waals surface area contributed by atoms with Gasteiger partial charge in [0.2, 0.25) is 0 Å². The van der Waals surface area contributed by atoms with Crippen LogP contribution in [0, 0.1) is 6.92 Å². The van der Waals surface area contributed by atoms with Crippen LogP contribution in [0.1, 0.15) is 16.7 Å². The van der Waals surface area contributed by atoms with Gasteiger partial charge in [-0.1, -0.05) is 42.0 Å². The van der Waals surface area contributed by atoms with Gasteiger partial charge in [-0.15, -0.1) is 17.0 Å². The minimum absolute atomic E-state index is 0. The maximum Gasteiger partial charge on any atom is 0.118 e. The summed E-state index contributed by atoms with van der Waals surface area (Å²) < 4.78 is 5.15. The lowest BCUT2D eigenvalue weighted by Crippen LogP contribution is -2.16. The van der Waals surface area contributed by atoms with Crippen molar-refractivity contribution in [1.29, 1.82) is 0 Å². The largest absolute Gasteiger partial charge is 0.497 e. The third kappa shape index (κ3) is 5.35. The van der Waals surface area contributed by atoms with Crippen molar-refractivity contribution in [2.24, 2.45) is 0 Å².